The number of pyridine rings is 1. The molecule has 0 aliphatic carbocycles. The maximum Gasteiger partial charge on any atom is 0.491 e. The molecule has 10 nitrogen and oxygen atoms in total. The minimum absolute atomic E-state index is 0.00485. The number of carbonyl (C=O) groups excluding carboxylic acids is 3. The lowest BCUT2D eigenvalue weighted by atomic mass is 10.1. The van der Waals surface area contributed by atoms with Crippen molar-refractivity contribution in [3.8, 4) is 11.5 Å². The van der Waals surface area contributed by atoms with Gasteiger partial charge in [-0.25, -0.2) is 10.3 Å². The van der Waals surface area contributed by atoms with E-state index in [1.807, 2.05) is 24.3 Å². The Morgan fingerprint density at radius 3 is 2.53 bits per heavy atom. The van der Waals surface area contributed by atoms with Crippen LogP contribution in [-0.4, -0.2) is 51.9 Å². The van der Waals surface area contributed by atoms with Gasteiger partial charge in [-0.1, -0.05) is 18.2 Å². The first kappa shape index (κ1) is 26.4. The van der Waals surface area contributed by atoms with E-state index in [4.69, 9.17) is 9.94 Å². The van der Waals surface area contributed by atoms with Crippen LogP contribution in [0.15, 0.2) is 48.5 Å². The molecule has 0 unspecified atom stereocenters. The van der Waals surface area contributed by atoms with Gasteiger partial charge in [0.1, 0.15) is 18.1 Å². The summed E-state index contributed by atoms with van der Waals surface area (Å²) in [6, 6.07) is 12.3. The number of nitrogens with zero attached hydrogens (tertiary/aromatic N) is 1. The summed E-state index contributed by atoms with van der Waals surface area (Å²) in [6.07, 6.45) is -7.19. The average Bonchev–Trinajstić information content (AvgIpc) is 2.84. The fourth-order valence-corrected chi connectivity index (χ4v) is 3.15. The van der Waals surface area contributed by atoms with Crippen LogP contribution >= 0.6 is 0 Å². The second-order valence-corrected chi connectivity index (χ2v) is 7.48. The molecule has 1 atom stereocenters. The number of hydroxylamine groups is 1. The number of hydrogen-bond donors (Lipinski definition) is 4. The SMILES string of the molecule is Cc1cc(COc2ccc(C(=O)NC[C@H](O)C(=O)NO)c(OC(=O)C(F)(F)F)c2)c2ccccc2n1. The van der Waals surface area contributed by atoms with E-state index in [1.165, 1.54) is 11.5 Å². The Bertz CT molecular complexity index is 1300. The summed E-state index contributed by atoms with van der Waals surface area (Å²) in [7, 11) is 0. The molecule has 0 fully saturated rings. The number of aromatic nitrogens is 1. The third-order valence-electron chi connectivity index (χ3n) is 4.82. The van der Waals surface area contributed by atoms with Crippen molar-refractivity contribution in [2.75, 3.05) is 6.54 Å². The number of aryl methyl sites for hydroxylation is 1. The normalized spacial score (nSPS) is 12.1. The molecule has 0 saturated carbocycles. The number of halogens is 3. The summed E-state index contributed by atoms with van der Waals surface area (Å²) < 4.78 is 48.5. The van der Waals surface area contributed by atoms with Crippen LogP contribution in [0.5, 0.6) is 11.5 Å². The van der Waals surface area contributed by atoms with Crippen LogP contribution in [0.2, 0.25) is 0 Å². The van der Waals surface area contributed by atoms with Crippen molar-refractivity contribution in [3.05, 3.63) is 65.4 Å². The number of rotatable bonds is 8. The van der Waals surface area contributed by atoms with Crippen molar-refractivity contribution in [2.45, 2.75) is 25.8 Å². The minimum Gasteiger partial charge on any atom is -0.489 e. The van der Waals surface area contributed by atoms with Gasteiger partial charge in [-0.2, -0.15) is 13.2 Å². The molecular formula is C23H20F3N3O7. The van der Waals surface area contributed by atoms with Crippen molar-refractivity contribution in [2.24, 2.45) is 0 Å². The number of alkyl halides is 3. The molecule has 0 radical (unpaired) electrons. The van der Waals surface area contributed by atoms with E-state index >= 15 is 0 Å². The zero-order valence-electron chi connectivity index (χ0n) is 18.6. The number of ether oxygens (including phenoxy) is 2. The van der Waals surface area contributed by atoms with Gasteiger partial charge in [0.25, 0.3) is 11.8 Å². The highest BCUT2D eigenvalue weighted by Gasteiger charge is 2.42. The number of para-hydroxylation sites is 1. The van der Waals surface area contributed by atoms with E-state index in [2.05, 4.69) is 15.0 Å². The summed E-state index contributed by atoms with van der Waals surface area (Å²) in [5, 5.41) is 20.9. The minimum atomic E-state index is -5.34. The number of carbonyl (C=O) groups is 3. The monoisotopic (exact) mass is 507 g/mol. The van der Waals surface area contributed by atoms with Gasteiger partial charge in [-0.05, 0) is 31.2 Å². The van der Waals surface area contributed by atoms with Crippen LogP contribution in [0.1, 0.15) is 21.6 Å². The van der Waals surface area contributed by atoms with E-state index in [0.29, 0.717) is 0 Å². The number of hydrogen-bond acceptors (Lipinski definition) is 8. The van der Waals surface area contributed by atoms with E-state index in [-0.39, 0.29) is 12.4 Å². The van der Waals surface area contributed by atoms with Crippen molar-refractivity contribution in [3.63, 3.8) is 0 Å². The average molecular weight is 507 g/mol. The highest BCUT2D eigenvalue weighted by molar-refractivity contribution is 5.98. The van der Waals surface area contributed by atoms with E-state index < -0.39 is 47.9 Å². The van der Waals surface area contributed by atoms with E-state index in [9.17, 15) is 32.7 Å². The topological polar surface area (TPSA) is 147 Å². The standard InChI is InChI=1S/C23H20F3N3O7/c1-12-8-13(15-4-2-3-5-17(15)28-12)11-35-14-6-7-16(19(9-14)36-22(33)23(24,25)26)20(31)27-10-18(30)21(32)29-34/h2-9,18,30,34H,10-11H2,1H3,(H,27,31)(H,29,32)/t18-/m0/s1. The first-order valence-electron chi connectivity index (χ1n) is 10.3. The highest BCUT2D eigenvalue weighted by Crippen LogP contribution is 2.29. The fourth-order valence-electron chi connectivity index (χ4n) is 3.15. The molecule has 1 aromatic heterocycles. The smallest absolute Gasteiger partial charge is 0.489 e. The lowest BCUT2D eigenvalue weighted by Gasteiger charge is -2.15. The number of fused-ring (bicyclic) bond motifs is 1. The number of esters is 1. The molecule has 3 rings (SSSR count). The van der Waals surface area contributed by atoms with E-state index in [1.54, 1.807) is 13.0 Å². The fraction of sp³-hybridized carbons (Fsp3) is 0.217. The molecular weight excluding hydrogens is 487 g/mol. The molecule has 0 spiro atoms. The molecule has 0 saturated heterocycles. The molecule has 13 heteroatoms. The second-order valence-electron chi connectivity index (χ2n) is 7.48. The van der Waals surface area contributed by atoms with Gasteiger partial charge in [-0.3, -0.25) is 19.8 Å². The first-order chi connectivity index (χ1) is 17.0. The lowest BCUT2D eigenvalue weighted by Crippen LogP contribution is -2.41. The van der Waals surface area contributed by atoms with Crippen LogP contribution in [0.25, 0.3) is 10.9 Å². The Balaban J connectivity index is 1.85. The number of benzene rings is 2. The maximum absolute atomic E-state index is 12.8. The van der Waals surface area contributed by atoms with Gasteiger partial charge < -0.3 is 19.9 Å². The van der Waals surface area contributed by atoms with Gasteiger partial charge in [0.2, 0.25) is 0 Å². The summed E-state index contributed by atoms with van der Waals surface area (Å²) in [5.74, 6) is -5.61. The van der Waals surface area contributed by atoms with Crippen LogP contribution in [0, 0.1) is 6.92 Å². The van der Waals surface area contributed by atoms with Crippen molar-refractivity contribution in [1.82, 2.24) is 15.8 Å². The molecule has 2 amide bonds. The predicted octanol–water partition coefficient (Wildman–Crippen LogP) is 2.19. The Morgan fingerprint density at radius 2 is 1.83 bits per heavy atom. The van der Waals surface area contributed by atoms with Crippen LogP contribution in [-0.2, 0) is 16.2 Å². The van der Waals surface area contributed by atoms with Crippen LogP contribution < -0.4 is 20.3 Å². The number of amides is 2. The highest BCUT2D eigenvalue weighted by atomic mass is 19.4. The summed E-state index contributed by atoms with van der Waals surface area (Å²) in [4.78, 5) is 39.4. The number of aliphatic hydroxyl groups excluding tert-OH is 1. The number of aliphatic hydroxyl groups is 1. The molecule has 190 valence electrons. The van der Waals surface area contributed by atoms with Crippen LogP contribution in [0.4, 0.5) is 13.2 Å². The molecule has 2 aromatic carbocycles. The van der Waals surface area contributed by atoms with Gasteiger partial charge in [0, 0.05) is 22.7 Å². The zero-order valence-corrected chi connectivity index (χ0v) is 18.6. The summed E-state index contributed by atoms with van der Waals surface area (Å²) >= 11 is 0. The van der Waals surface area contributed by atoms with Gasteiger partial charge in [0.05, 0.1) is 17.6 Å². The predicted molar refractivity (Wildman–Crippen MR) is 117 cm³/mol. The first-order valence-corrected chi connectivity index (χ1v) is 10.3. The maximum atomic E-state index is 12.8. The van der Waals surface area contributed by atoms with Crippen molar-refractivity contribution in [1.29, 1.82) is 0 Å². The molecule has 1 heterocycles. The molecule has 36 heavy (non-hydrogen) atoms. The molecule has 0 aliphatic rings. The Hall–Kier alpha value is -4.23. The third kappa shape index (κ3) is 6.46. The quantitative estimate of drug-likeness (QED) is 0.157. The molecule has 0 aliphatic heterocycles. The summed E-state index contributed by atoms with van der Waals surface area (Å²) in [5.41, 5.74) is 2.86. The van der Waals surface area contributed by atoms with E-state index in [0.717, 1.165) is 34.3 Å². The van der Waals surface area contributed by atoms with Crippen LogP contribution in [0.3, 0.4) is 0 Å². The van der Waals surface area contributed by atoms with Crippen molar-refractivity contribution >= 4 is 28.7 Å². The molecule has 4 N–H and O–H groups in total. The second kappa shape index (κ2) is 11.0. The Kier molecular flexibility index (Phi) is 8.07. The summed E-state index contributed by atoms with van der Waals surface area (Å²) in [6.45, 7) is 1.09. The largest absolute Gasteiger partial charge is 0.491 e. The molecule has 0 bridgehead atoms. The number of nitrogens with one attached hydrogen (secondary N) is 2. The van der Waals surface area contributed by atoms with Gasteiger partial charge >= 0.3 is 12.1 Å². The molecule has 3 aromatic rings. The van der Waals surface area contributed by atoms with Gasteiger partial charge in [-0.15, -0.1) is 0 Å². The third-order valence-corrected chi connectivity index (χ3v) is 4.82. The van der Waals surface area contributed by atoms with Gasteiger partial charge in [0.15, 0.2) is 6.10 Å². The Morgan fingerprint density at radius 1 is 1.11 bits per heavy atom. The van der Waals surface area contributed by atoms with Crippen molar-refractivity contribution < 1.29 is 47.3 Å². The lowest BCUT2D eigenvalue weighted by molar-refractivity contribution is -0.189. The Labute approximate surface area is 201 Å². The zero-order chi connectivity index (χ0) is 26.5.